The van der Waals surface area contributed by atoms with Crippen molar-refractivity contribution in [3.63, 3.8) is 0 Å². The number of halogens is 3. The summed E-state index contributed by atoms with van der Waals surface area (Å²) >= 11 is 23.9. The summed E-state index contributed by atoms with van der Waals surface area (Å²) in [4.78, 5) is 28.8. The molecule has 1 heterocycles. The van der Waals surface area contributed by atoms with Gasteiger partial charge in [0.15, 0.2) is 5.11 Å². The number of hydrogen-bond acceptors (Lipinski definition) is 5. The van der Waals surface area contributed by atoms with E-state index < -0.39 is 5.91 Å². The molecule has 3 rings (SSSR count). The van der Waals surface area contributed by atoms with Crippen LogP contribution >= 0.6 is 47.0 Å². The second-order valence-corrected chi connectivity index (χ2v) is 9.32. The third kappa shape index (κ3) is 6.44. The quantitative estimate of drug-likeness (QED) is 0.486. The normalized spacial score (nSPS) is 13.4. The Bertz CT molecular complexity index is 1090. The summed E-state index contributed by atoms with van der Waals surface area (Å²) in [6, 6.07) is 8.39. The van der Waals surface area contributed by atoms with Crippen molar-refractivity contribution in [3.8, 4) is 5.75 Å². The molecule has 1 fully saturated rings. The van der Waals surface area contributed by atoms with Crippen molar-refractivity contribution >= 4 is 75.3 Å². The zero-order chi connectivity index (χ0) is 24.8. The zero-order valence-corrected chi connectivity index (χ0v) is 21.9. The van der Waals surface area contributed by atoms with Gasteiger partial charge in [0.25, 0.3) is 5.91 Å². The van der Waals surface area contributed by atoms with Gasteiger partial charge in [-0.25, -0.2) is 0 Å². The topological polar surface area (TPSA) is 73.9 Å². The first-order valence-electron chi connectivity index (χ1n) is 10.7. The number of methoxy groups -OCH3 is 1. The molecule has 0 aliphatic carbocycles. The Balaban J connectivity index is 1.61. The lowest BCUT2D eigenvalue weighted by Crippen LogP contribution is -2.48. The van der Waals surface area contributed by atoms with Crippen molar-refractivity contribution < 1.29 is 14.3 Å². The molecule has 7 nitrogen and oxygen atoms in total. The van der Waals surface area contributed by atoms with Crippen molar-refractivity contribution in [2.24, 2.45) is 0 Å². The number of hydrogen-bond donors (Lipinski definition) is 2. The molecule has 1 aliphatic heterocycles. The van der Waals surface area contributed by atoms with E-state index in [4.69, 9.17) is 51.8 Å². The van der Waals surface area contributed by atoms with Gasteiger partial charge in [0.1, 0.15) is 5.75 Å². The van der Waals surface area contributed by atoms with Gasteiger partial charge in [0, 0.05) is 43.3 Å². The fourth-order valence-electron chi connectivity index (χ4n) is 3.68. The number of anilines is 2. The average Bonchev–Trinajstić information content (AvgIpc) is 2.79. The molecule has 0 saturated carbocycles. The van der Waals surface area contributed by atoms with Gasteiger partial charge in [-0.3, -0.25) is 14.9 Å². The van der Waals surface area contributed by atoms with Gasteiger partial charge in [0.05, 0.1) is 28.4 Å². The minimum Gasteiger partial charge on any atom is -0.494 e. The highest BCUT2D eigenvalue weighted by molar-refractivity contribution is 7.80. The van der Waals surface area contributed by atoms with Crippen LogP contribution in [-0.4, -0.2) is 55.1 Å². The first kappa shape index (κ1) is 26.3. The van der Waals surface area contributed by atoms with Gasteiger partial charge < -0.3 is 19.9 Å². The first-order valence-corrected chi connectivity index (χ1v) is 12.2. The second-order valence-electron chi connectivity index (χ2n) is 7.66. The number of nitrogens with one attached hydrogen (secondary N) is 2. The summed E-state index contributed by atoms with van der Waals surface area (Å²) in [5.41, 5.74) is 1.66. The number of nitrogens with zero attached hydrogens (tertiary/aromatic N) is 2. The molecule has 34 heavy (non-hydrogen) atoms. The molecule has 2 aromatic carbocycles. The number of amides is 2. The van der Waals surface area contributed by atoms with Crippen molar-refractivity contribution in [1.82, 2.24) is 10.2 Å². The number of ether oxygens (including phenoxy) is 1. The molecule has 0 bridgehead atoms. The minimum atomic E-state index is -0.517. The predicted octanol–water partition coefficient (Wildman–Crippen LogP) is 5.23. The molecule has 0 spiro atoms. The molecule has 2 aromatic rings. The zero-order valence-electron chi connectivity index (χ0n) is 18.8. The van der Waals surface area contributed by atoms with E-state index >= 15 is 0 Å². The van der Waals surface area contributed by atoms with E-state index in [2.05, 4.69) is 15.5 Å². The smallest absolute Gasteiger partial charge is 0.261 e. The SMILES string of the molecule is CCCC(=O)N1CCN(c2ccc(NC(=S)NC(=O)c3cc(Cl)cc(Cl)c3OC)cc2Cl)CC1. The van der Waals surface area contributed by atoms with Crippen LogP contribution in [0.3, 0.4) is 0 Å². The lowest BCUT2D eigenvalue weighted by Gasteiger charge is -2.36. The molecule has 1 saturated heterocycles. The maximum absolute atomic E-state index is 12.7. The van der Waals surface area contributed by atoms with Gasteiger partial charge >= 0.3 is 0 Å². The minimum absolute atomic E-state index is 0.0787. The Labute approximate surface area is 219 Å². The number of piperazine rings is 1. The summed E-state index contributed by atoms with van der Waals surface area (Å²) in [5, 5.41) is 6.68. The monoisotopic (exact) mass is 542 g/mol. The Morgan fingerprint density at radius 1 is 1.06 bits per heavy atom. The van der Waals surface area contributed by atoms with E-state index in [1.54, 1.807) is 6.07 Å². The van der Waals surface area contributed by atoms with Crippen LogP contribution in [0.15, 0.2) is 30.3 Å². The average molecular weight is 544 g/mol. The third-order valence-corrected chi connectivity index (χ3v) is 6.33. The standard InChI is InChI=1S/C23H25Cl3N4O3S/c1-3-4-20(31)30-9-7-29(8-10-30)19-6-5-15(13-17(19)25)27-23(34)28-22(32)16-11-14(24)12-18(26)21(16)33-2/h5-6,11-13H,3-4,7-10H2,1-2H3,(H2,27,28,32,34). The lowest BCUT2D eigenvalue weighted by molar-refractivity contribution is -0.131. The van der Waals surface area contributed by atoms with E-state index in [-0.39, 0.29) is 27.4 Å². The van der Waals surface area contributed by atoms with E-state index in [1.807, 2.05) is 24.0 Å². The summed E-state index contributed by atoms with van der Waals surface area (Å²) in [6.07, 6.45) is 1.43. The van der Waals surface area contributed by atoms with Gasteiger partial charge in [-0.1, -0.05) is 41.7 Å². The second kappa shape index (κ2) is 11.9. The van der Waals surface area contributed by atoms with Crippen LogP contribution in [0.1, 0.15) is 30.1 Å². The van der Waals surface area contributed by atoms with Crippen LogP contribution in [0.5, 0.6) is 5.75 Å². The number of carbonyl (C=O) groups excluding carboxylic acids is 2. The Morgan fingerprint density at radius 2 is 1.76 bits per heavy atom. The van der Waals surface area contributed by atoms with Gasteiger partial charge in [0.2, 0.25) is 5.91 Å². The Kier molecular flexibility index (Phi) is 9.24. The largest absolute Gasteiger partial charge is 0.494 e. The van der Waals surface area contributed by atoms with Crippen LogP contribution in [0.2, 0.25) is 15.1 Å². The number of rotatable bonds is 6. The van der Waals surface area contributed by atoms with Crippen LogP contribution in [-0.2, 0) is 4.79 Å². The summed E-state index contributed by atoms with van der Waals surface area (Å²) in [7, 11) is 1.41. The molecule has 0 unspecified atom stereocenters. The summed E-state index contributed by atoms with van der Waals surface area (Å²) in [6.45, 7) is 4.76. The molecule has 2 amide bonds. The highest BCUT2D eigenvalue weighted by Crippen LogP contribution is 2.32. The van der Waals surface area contributed by atoms with Gasteiger partial charge in [-0.05, 0) is 49.0 Å². The van der Waals surface area contributed by atoms with E-state index in [9.17, 15) is 9.59 Å². The van der Waals surface area contributed by atoms with Gasteiger partial charge in [-0.15, -0.1) is 0 Å². The molecule has 11 heteroatoms. The highest BCUT2D eigenvalue weighted by atomic mass is 35.5. The third-order valence-electron chi connectivity index (χ3n) is 5.33. The Morgan fingerprint density at radius 3 is 2.38 bits per heavy atom. The molecule has 182 valence electrons. The molecule has 0 atom stereocenters. The van der Waals surface area contributed by atoms with Crippen molar-refractivity contribution in [2.45, 2.75) is 19.8 Å². The van der Waals surface area contributed by atoms with E-state index in [0.717, 1.165) is 12.1 Å². The summed E-state index contributed by atoms with van der Waals surface area (Å²) in [5.74, 6) is -0.117. The number of benzene rings is 2. The lowest BCUT2D eigenvalue weighted by atomic mass is 10.2. The fourth-order valence-corrected chi connectivity index (χ4v) is 4.76. The maximum Gasteiger partial charge on any atom is 0.261 e. The Hall–Kier alpha value is -2.26. The molecule has 0 aromatic heterocycles. The van der Waals surface area contributed by atoms with Crippen molar-refractivity contribution in [1.29, 1.82) is 0 Å². The van der Waals surface area contributed by atoms with Crippen LogP contribution in [0.4, 0.5) is 11.4 Å². The molecule has 2 N–H and O–H groups in total. The maximum atomic E-state index is 12.7. The molecular formula is C23H25Cl3N4O3S. The van der Waals surface area contributed by atoms with Gasteiger partial charge in [-0.2, -0.15) is 0 Å². The number of thiocarbonyl (C=S) groups is 1. The molecule has 0 radical (unpaired) electrons. The molecule has 1 aliphatic rings. The van der Waals surface area contributed by atoms with E-state index in [0.29, 0.717) is 48.3 Å². The van der Waals surface area contributed by atoms with Crippen LogP contribution < -0.4 is 20.3 Å². The highest BCUT2D eigenvalue weighted by Gasteiger charge is 2.22. The fraction of sp³-hybridized carbons (Fsp3) is 0.348. The van der Waals surface area contributed by atoms with Crippen molar-refractivity contribution in [3.05, 3.63) is 51.0 Å². The van der Waals surface area contributed by atoms with Crippen LogP contribution in [0, 0.1) is 0 Å². The number of carbonyl (C=O) groups is 2. The van der Waals surface area contributed by atoms with E-state index in [1.165, 1.54) is 19.2 Å². The van der Waals surface area contributed by atoms with Crippen LogP contribution in [0.25, 0.3) is 0 Å². The predicted molar refractivity (Wildman–Crippen MR) is 142 cm³/mol. The molecular weight excluding hydrogens is 519 g/mol. The first-order chi connectivity index (χ1) is 16.2. The summed E-state index contributed by atoms with van der Waals surface area (Å²) < 4.78 is 5.21. The van der Waals surface area contributed by atoms with Crippen molar-refractivity contribution in [2.75, 3.05) is 43.5 Å².